The first-order valence-corrected chi connectivity index (χ1v) is 6.35. The van der Waals surface area contributed by atoms with E-state index in [0.29, 0.717) is 17.4 Å². The van der Waals surface area contributed by atoms with Crippen molar-refractivity contribution in [3.8, 4) is 0 Å². The van der Waals surface area contributed by atoms with Crippen LogP contribution in [-0.4, -0.2) is 24.3 Å². The van der Waals surface area contributed by atoms with Crippen LogP contribution >= 0.6 is 15.9 Å². The Morgan fingerprint density at radius 1 is 1.47 bits per heavy atom. The summed E-state index contributed by atoms with van der Waals surface area (Å²) in [5, 5.41) is 3.71. The van der Waals surface area contributed by atoms with E-state index >= 15 is 0 Å². The molecule has 8 heteroatoms. The summed E-state index contributed by atoms with van der Waals surface area (Å²) in [6, 6.07) is 1.84. The van der Waals surface area contributed by atoms with Gasteiger partial charge in [0.25, 0.3) is 0 Å². The second-order valence-corrected chi connectivity index (χ2v) is 5.08. The molecule has 0 amide bonds. The molecular weight excluding hydrogens is 314 g/mol. The molecule has 7 nitrogen and oxygen atoms in total. The highest BCUT2D eigenvalue weighted by Crippen LogP contribution is 2.16. The number of halogens is 1. The van der Waals surface area contributed by atoms with Gasteiger partial charge in [0.1, 0.15) is 6.54 Å². The average Bonchev–Trinajstić information content (AvgIpc) is 2.88. The zero-order chi connectivity index (χ0) is 13.6. The number of imidazole rings is 1. The highest BCUT2D eigenvalue weighted by atomic mass is 79.9. The number of fused-ring (bicyclic) bond motifs is 1. The predicted molar refractivity (Wildman–Crippen MR) is 70.8 cm³/mol. The van der Waals surface area contributed by atoms with Gasteiger partial charge in [-0.25, -0.2) is 9.78 Å². The van der Waals surface area contributed by atoms with Gasteiger partial charge in [-0.15, -0.1) is 0 Å². The summed E-state index contributed by atoms with van der Waals surface area (Å²) in [7, 11) is 1.68. The Morgan fingerprint density at radius 2 is 2.26 bits per heavy atom. The molecule has 3 aromatic rings. The minimum Gasteiger partial charge on any atom is -0.337 e. The van der Waals surface area contributed by atoms with E-state index in [4.69, 9.17) is 4.52 Å². The maximum atomic E-state index is 12.2. The van der Waals surface area contributed by atoms with Gasteiger partial charge in [-0.1, -0.05) is 5.16 Å². The van der Waals surface area contributed by atoms with E-state index in [0.717, 1.165) is 9.99 Å². The molecule has 0 unspecified atom stereocenters. The van der Waals surface area contributed by atoms with Crippen LogP contribution in [0.25, 0.3) is 11.2 Å². The van der Waals surface area contributed by atoms with Crippen molar-refractivity contribution in [3.63, 3.8) is 0 Å². The van der Waals surface area contributed by atoms with Gasteiger partial charge in [0.15, 0.2) is 11.5 Å². The fourth-order valence-electron chi connectivity index (χ4n) is 1.95. The Balaban J connectivity index is 2.19. The van der Waals surface area contributed by atoms with Gasteiger partial charge < -0.3 is 4.52 Å². The predicted octanol–water partition coefficient (Wildman–Crippen LogP) is 1.24. The summed E-state index contributed by atoms with van der Waals surface area (Å²) < 4.78 is 8.90. The van der Waals surface area contributed by atoms with Crippen molar-refractivity contribution in [2.24, 2.45) is 7.05 Å². The summed E-state index contributed by atoms with van der Waals surface area (Å²) in [5.41, 5.74) is 1.17. The number of aromatic nitrogens is 5. The quantitative estimate of drug-likeness (QED) is 0.709. The van der Waals surface area contributed by atoms with E-state index in [2.05, 4.69) is 31.1 Å². The number of aryl methyl sites for hydroxylation is 2. The van der Waals surface area contributed by atoms with Gasteiger partial charge in [-0.3, -0.25) is 9.13 Å². The molecule has 0 bridgehead atoms. The number of nitrogens with zero attached hydrogens (tertiary/aromatic N) is 5. The molecule has 98 valence electrons. The van der Waals surface area contributed by atoms with Crippen molar-refractivity contribution in [1.82, 2.24) is 24.3 Å². The molecule has 3 aromatic heterocycles. The lowest BCUT2D eigenvalue weighted by atomic mass is 10.4. The Bertz CT molecular complexity index is 816. The summed E-state index contributed by atoms with van der Waals surface area (Å²) in [5.74, 6) is 0.940. The van der Waals surface area contributed by atoms with E-state index in [9.17, 15) is 4.79 Å². The van der Waals surface area contributed by atoms with Crippen LogP contribution in [0.15, 0.2) is 26.1 Å². The zero-order valence-corrected chi connectivity index (χ0v) is 11.9. The maximum absolute atomic E-state index is 12.2. The van der Waals surface area contributed by atoms with Crippen LogP contribution in [-0.2, 0) is 13.6 Å². The molecule has 0 saturated carbocycles. The highest BCUT2D eigenvalue weighted by molar-refractivity contribution is 9.10. The van der Waals surface area contributed by atoms with Gasteiger partial charge in [0.2, 0.25) is 5.89 Å². The van der Waals surface area contributed by atoms with Crippen LogP contribution in [0.4, 0.5) is 0 Å². The van der Waals surface area contributed by atoms with E-state index in [1.165, 1.54) is 4.57 Å². The fraction of sp³-hybridized carbons (Fsp3) is 0.273. The fourth-order valence-corrected chi connectivity index (χ4v) is 2.26. The molecule has 19 heavy (non-hydrogen) atoms. The molecule has 3 rings (SSSR count). The van der Waals surface area contributed by atoms with E-state index in [-0.39, 0.29) is 12.2 Å². The van der Waals surface area contributed by atoms with Crippen LogP contribution in [0.5, 0.6) is 0 Å². The molecule has 0 spiro atoms. The molecule has 3 heterocycles. The van der Waals surface area contributed by atoms with Crippen molar-refractivity contribution < 1.29 is 4.52 Å². The number of hydrogen-bond donors (Lipinski definition) is 0. The molecule has 0 fully saturated rings. The van der Waals surface area contributed by atoms with Gasteiger partial charge in [-0.2, -0.15) is 4.98 Å². The van der Waals surface area contributed by atoms with Crippen molar-refractivity contribution in [2.75, 3.05) is 0 Å². The average molecular weight is 324 g/mol. The van der Waals surface area contributed by atoms with Crippen LogP contribution in [0, 0.1) is 6.92 Å². The standard InChI is InChI=1S/C11H10BrN5O2/c1-6-14-9(19-15-6)5-17-8-3-7(12)4-13-10(8)16(2)11(17)18/h3-4H,5H2,1-2H3. The highest BCUT2D eigenvalue weighted by Gasteiger charge is 2.14. The van der Waals surface area contributed by atoms with Crippen LogP contribution in [0.2, 0.25) is 0 Å². The Morgan fingerprint density at radius 3 is 2.95 bits per heavy atom. The van der Waals surface area contributed by atoms with Gasteiger partial charge in [-0.05, 0) is 28.9 Å². The largest absolute Gasteiger partial charge is 0.337 e. The third-order valence-electron chi connectivity index (χ3n) is 2.80. The third kappa shape index (κ3) is 1.97. The molecule has 0 atom stereocenters. The van der Waals surface area contributed by atoms with Crippen molar-refractivity contribution in [3.05, 3.63) is 38.9 Å². The van der Waals surface area contributed by atoms with Crippen molar-refractivity contribution >= 4 is 27.1 Å². The Labute approximate surface area is 116 Å². The topological polar surface area (TPSA) is 78.7 Å². The number of rotatable bonds is 2. The lowest BCUT2D eigenvalue weighted by molar-refractivity contribution is 0.367. The molecule has 0 radical (unpaired) electrons. The first kappa shape index (κ1) is 12.1. The first-order valence-electron chi connectivity index (χ1n) is 5.56. The minimum absolute atomic E-state index is 0.170. The molecule has 0 aromatic carbocycles. The van der Waals surface area contributed by atoms with Gasteiger partial charge in [0.05, 0.1) is 5.52 Å². The number of pyridine rings is 1. The monoisotopic (exact) mass is 323 g/mol. The van der Waals surface area contributed by atoms with E-state index < -0.39 is 0 Å². The molecular formula is C11H10BrN5O2. The normalized spacial score (nSPS) is 11.3. The second-order valence-electron chi connectivity index (χ2n) is 4.16. The molecule has 0 aliphatic heterocycles. The van der Waals surface area contributed by atoms with Gasteiger partial charge >= 0.3 is 5.69 Å². The lowest BCUT2D eigenvalue weighted by Gasteiger charge is -1.98. The smallest absolute Gasteiger partial charge is 0.330 e. The summed E-state index contributed by atoms with van der Waals surface area (Å²) in [4.78, 5) is 20.5. The third-order valence-corrected chi connectivity index (χ3v) is 3.24. The lowest BCUT2D eigenvalue weighted by Crippen LogP contribution is -2.22. The summed E-state index contributed by atoms with van der Waals surface area (Å²) in [6.07, 6.45) is 1.66. The molecule has 0 N–H and O–H groups in total. The Hall–Kier alpha value is -1.96. The Kier molecular flexibility index (Phi) is 2.74. The minimum atomic E-state index is -0.170. The van der Waals surface area contributed by atoms with Crippen LogP contribution in [0.3, 0.4) is 0 Å². The first-order chi connectivity index (χ1) is 9.06. The van der Waals surface area contributed by atoms with E-state index in [1.807, 2.05) is 6.07 Å². The van der Waals surface area contributed by atoms with Crippen LogP contribution in [0.1, 0.15) is 11.7 Å². The summed E-state index contributed by atoms with van der Waals surface area (Å²) >= 11 is 3.35. The van der Waals surface area contributed by atoms with Crippen molar-refractivity contribution in [1.29, 1.82) is 0 Å². The van der Waals surface area contributed by atoms with Crippen molar-refractivity contribution in [2.45, 2.75) is 13.5 Å². The van der Waals surface area contributed by atoms with Gasteiger partial charge in [0, 0.05) is 17.7 Å². The summed E-state index contributed by atoms with van der Waals surface area (Å²) in [6.45, 7) is 1.96. The SMILES string of the molecule is Cc1noc(Cn2c(=O)n(C)c3ncc(Br)cc32)n1. The molecule has 0 aliphatic carbocycles. The van der Waals surface area contributed by atoms with E-state index in [1.54, 1.807) is 24.7 Å². The maximum Gasteiger partial charge on any atom is 0.330 e. The zero-order valence-electron chi connectivity index (χ0n) is 10.3. The van der Waals surface area contributed by atoms with Crippen LogP contribution < -0.4 is 5.69 Å². The second kappa shape index (κ2) is 4.30. The number of hydrogen-bond acceptors (Lipinski definition) is 5. The molecule has 0 aliphatic rings. The molecule has 0 saturated heterocycles.